The van der Waals surface area contributed by atoms with E-state index in [2.05, 4.69) is 24.5 Å². The minimum atomic E-state index is -0.517. The Hall–Kier alpha value is -2.54. The molecule has 0 radical (unpaired) electrons. The van der Waals surface area contributed by atoms with Crippen molar-refractivity contribution >= 4 is 52.1 Å². The predicted molar refractivity (Wildman–Crippen MR) is 125 cm³/mol. The van der Waals surface area contributed by atoms with E-state index in [1.165, 1.54) is 6.07 Å². The number of thiocarbonyl (C=S) groups is 1. The fourth-order valence-corrected chi connectivity index (χ4v) is 3.28. The number of furan rings is 1. The van der Waals surface area contributed by atoms with Gasteiger partial charge in [-0.2, -0.15) is 0 Å². The van der Waals surface area contributed by atoms with Crippen LogP contribution in [0.5, 0.6) is 5.75 Å². The van der Waals surface area contributed by atoms with Crippen LogP contribution in [0.3, 0.4) is 0 Å². The highest BCUT2D eigenvalue weighted by atomic mass is 35.5. The first kappa shape index (κ1) is 22.2. The van der Waals surface area contributed by atoms with Gasteiger partial charge in [-0.1, -0.05) is 43.1 Å². The lowest BCUT2D eigenvalue weighted by Gasteiger charge is -2.14. The van der Waals surface area contributed by atoms with Crippen molar-refractivity contribution in [1.82, 2.24) is 5.32 Å². The lowest BCUT2D eigenvalue weighted by Crippen LogP contribution is -2.33. The van der Waals surface area contributed by atoms with Crippen LogP contribution in [0.25, 0.3) is 11.3 Å². The van der Waals surface area contributed by atoms with Gasteiger partial charge in [0.2, 0.25) is 0 Å². The normalized spacial score (nSPS) is 11.7. The summed E-state index contributed by atoms with van der Waals surface area (Å²) in [6, 6.07) is 13.5. The van der Waals surface area contributed by atoms with Crippen molar-refractivity contribution in [2.45, 2.75) is 26.2 Å². The minimum Gasteiger partial charge on any atom is -0.506 e. The molecule has 3 rings (SSSR count). The zero-order valence-electron chi connectivity index (χ0n) is 16.3. The third-order valence-corrected chi connectivity index (χ3v) is 5.65. The molecule has 0 aliphatic heterocycles. The third kappa shape index (κ3) is 5.14. The SMILES string of the molecule is CCC(C)c1ccc(O)c(NC(=S)NC(=O)c2ccc(-c3ccc(Cl)c(Cl)c3)o2)c1. The molecule has 0 spiro atoms. The summed E-state index contributed by atoms with van der Waals surface area (Å²) < 4.78 is 5.62. The Labute approximate surface area is 190 Å². The van der Waals surface area contributed by atoms with Gasteiger partial charge in [-0.25, -0.2) is 0 Å². The number of aromatic hydroxyl groups is 1. The van der Waals surface area contributed by atoms with E-state index in [0.717, 1.165) is 12.0 Å². The van der Waals surface area contributed by atoms with E-state index in [1.807, 2.05) is 12.1 Å². The lowest BCUT2D eigenvalue weighted by atomic mass is 9.98. The summed E-state index contributed by atoms with van der Waals surface area (Å²) in [4.78, 5) is 12.5. The molecule has 0 fully saturated rings. The summed E-state index contributed by atoms with van der Waals surface area (Å²) in [6.45, 7) is 4.18. The Morgan fingerprint density at radius 2 is 1.90 bits per heavy atom. The van der Waals surface area contributed by atoms with Crippen molar-refractivity contribution in [3.8, 4) is 17.1 Å². The number of hydrogen-bond donors (Lipinski definition) is 3. The molecule has 0 aliphatic carbocycles. The molecule has 0 bridgehead atoms. The Balaban J connectivity index is 1.69. The highest BCUT2D eigenvalue weighted by Crippen LogP contribution is 2.30. The Morgan fingerprint density at radius 3 is 2.60 bits per heavy atom. The first-order valence-electron chi connectivity index (χ1n) is 9.29. The van der Waals surface area contributed by atoms with Crippen LogP contribution in [-0.2, 0) is 0 Å². The second-order valence-electron chi connectivity index (χ2n) is 6.79. The topological polar surface area (TPSA) is 74.5 Å². The van der Waals surface area contributed by atoms with Crippen LogP contribution in [0.15, 0.2) is 52.9 Å². The average molecular weight is 463 g/mol. The quantitative estimate of drug-likeness (QED) is 0.294. The number of halogens is 2. The molecule has 3 N–H and O–H groups in total. The molecular weight excluding hydrogens is 443 g/mol. The van der Waals surface area contributed by atoms with Crippen LogP contribution in [0.4, 0.5) is 5.69 Å². The lowest BCUT2D eigenvalue weighted by molar-refractivity contribution is 0.0951. The largest absolute Gasteiger partial charge is 0.506 e. The van der Waals surface area contributed by atoms with Gasteiger partial charge in [0, 0.05) is 5.56 Å². The first-order valence-corrected chi connectivity index (χ1v) is 10.5. The van der Waals surface area contributed by atoms with Crippen LogP contribution in [0, 0.1) is 0 Å². The van der Waals surface area contributed by atoms with Crippen LogP contribution in [-0.4, -0.2) is 16.1 Å². The number of benzene rings is 2. The standard InChI is InChI=1S/C22H20Cl2N2O3S/c1-3-12(2)13-5-7-18(27)17(11-13)25-22(30)26-21(28)20-9-8-19(29-20)14-4-6-15(23)16(24)10-14/h4-12,27H,3H2,1-2H3,(H2,25,26,28,30). The average Bonchev–Trinajstić information content (AvgIpc) is 3.21. The maximum absolute atomic E-state index is 12.5. The van der Waals surface area contributed by atoms with Gasteiger partial charge in [0.1, 0.15) is 11.5 Å². The van der Waals surface area contributed by atoms with Gasteiger partial charge in [0.25, 0.3) is 5.91 Å². The van der Waals surface area contributed by atoms with Crippen molar-refractivity contribution in [1.29, 1.82) is 0 Å². The van der Waals surface area contributed by atoms with Crippen molar-refractivity contribution in [2.75, 3.05) is 5.32 Å². The van der Waals surface area contributed by atoms with E-state index in [0.29, 0.717) is 33.0 Å². The zero-order valence-corrected chi connectivity index (χ0v) is 18.7. The second kappa shape index (κ2) is 9.51. The van der Waals surface area contributed by atoms with Crippen LogP contribution >= 0.6 is 35.4 Å². The molecule has 1 unspecified atom stereocenters. The van der Waals surface area contributed by atoms with Gasteiger partial charge in [-0.05, 0) is 72.6 Å². The number of phenols is 1. The van der Waals surface area contributed by atoms with E-state index in [-0.39, 0.29) is 16.6 Å². The molecule has 3 aromatic rings. The predicted octanol–water partition coefficient (Wildman–Crippen LogP) is 6.60. The van der Waals surface area contributed by atoms with E-state index in [4.69, 9.17) is 39.8 Å². The molecule has 1 amide bonds. The molecule has 0 saturated heterocycles. The summed E-state index contributed by atoms with van der Waals surface area (Å²) >= 11 is 17.2. The van der Waals surface area contributed by atoms with Crippen LogP contribution in [0.2, 0.25) is 10.0 Å². The molecule has 30 heavy (non-hydrogen) atoms. The van der Waals surface area contributed by atoms with E-state index in [9.17, 15) is 9.90 Å². The summed E-state index contributed by atoms with van der Waals surface area (Å²) in [5.74, 6) is 0.404. The van der Waals surface area contributed by atoms with Crippen LogP contribution < -0.4 is 10.6 Å². The van der Waals surface area contributed by atoms with Crippen molar-refractivity contribution < 1.29 is 14.3 Å². The number of carbonyl (C=O) groups is 1. The van der Waals surface area contributed by atoms with Gasteiger partial charge in [0.15, 0.2) is 10.9 Å². The highest BCUT2D eigenvalue weighted by molar-refractivity contribution is 7.80. The Morgan fingerprint density at radius 1 is 1.13 bits per heavy atom. The number of rotatable bonds is 5. The van der Waals surface area contributed by atoms with Gasteiger partial charge in [0.05, 0.1) is 15.7 Å². The highest BCUT2D eigenvalue weighted by Gasteiger charge is 2.15. The van der Waals surface area contributed by atoms with Gasteiger partial charge < -0.3 is 14.8 Å². The molecular formula is C22H20Cl2N2O3S. The second-order valence-corrected chi connectivity index (χ2v) is 8.01. The molecule has 5 nitrogen and oxygen atoms in total. The maximum Gasteiger partial charge on any atom is 0.293 e. The van der Waals surface area contributed by atoms with Crippen molar-refractivity contribution in [2.24, 2.45) is 0 Å². The van der Waals surface area contributed by atoms with Gasteiger partial charge in [-0.15, -0.1) is 0 Å². The molecule has 0 aliphatic rings. The summed E-state index contributed by atoms with van der Waals surface area (Å²) in [7, 11) is 0. The van der Waals surface area contributed by atoms with Gasteiger partial charge in [-0.3, -0.25) is 10.1 Å². The fourth-order valence-electron chi connectivity index (χ4n) is 2.78. The molecule has 2 aromatic carbocycles. The van der Waals surface area contributed by atoms with Gasteiger partial charge >= 0.3 is 0 Å². The molecule has 1 heterocycles. The Bertz CT molecular complexity index is 1100. The summed E-state index contributed by atoms with van der Waals surface area (Å²) in [6.07, 6.45) is 0.963. The minimum absolute atomic E-state index is 0.0403. The number of amides is 1. The van der Waals surface area contributed by atoms with Crippen LogP contribution in [0.1, 0.15) is 42.3 Å². The maximum atomic E-state index is 12.5. The van der Waals surface area contributed by atoms with E-state index in [1.54, 1.807) is 30.3 Å². The molecule has 156 valence electrons. The number of nitrogens with one attached hydrogen (secondary N) is 2. The van der Waals surface area contributed by atoms with E-state index >= 15 is 0 Å². The number of hydrogen-bond acceptors (Lipinski definition) is 4. The molecule has 0 saturated carbocycles. The first-order chi connectivity index (χ1) is 14.3. The number of phenolic OH excluding ortho intramolecular Hbond substituents is 1. The third-order valence-electron chi connectivity index (χ3n) is 4.71. The fraction of sp³-hybridized carbons (Fsp3) is 0.182. The van der Waals surface area contributed by atoms with E-state index < -0.39 is 5.91 Å². The Kier molecular flexibility index (Phi) is 7.02. The zero-order chi connectivity index (χ0) is 21.8. The molecule has 8 heteroatoms. The molecule has 1 aromatic heterocycles. The smallest absolute Gasteiger partial charge is 0.293 e. The van der Waals surface area contributed by atoms with Crippen molar-refractivity contribution in [3.05, 3.63) is 69.9 Å². The number of anilines is 1. The van der Waals surface area contributed by atoms with Crippen molar-refractivity contribution in [3.63, 3.8) is 0 Å². The summed E-state index contributed by atoms with van der Waals surface area (Å²) in [5, 5.41) is 16.4. The monoisotopic (exact) mass is 462 g/mol. The summed E-state index contributed by atoms with van der Waals surface area (Å²) in [5.41, 5.74) is 2.18. The number of carbonyl (C=O) groups excluding carboxylic acids is 1. The molecule has 1 atom stereocenters.